The van der Waals surface area contributed by atoms with Gasteiger partial charge in [0.25, 0.3) is 5.91 Å². The van der Waals surface area contributed by atoms with Crippen molar-refractivity contribution in [1.82, 2.24) is 15.8 Å². The lowest BCUT2D eigenvalue weighted by molar-refractivity contribution is -0.132. The van der Waals surface area contributed by atoms with Crippen LogP contribution >= 0.6 is 15.9 Å². The maximum absolute atomic E-state index is 12.1. The second-order valence-electron chi connectivity index (χ2n) is 4.83. The van der Waals surface area contributed by atoms with E-state index in [9.17, 15) is 14.4 Å². The van der Waals surface area contributed by atoms with E-state index in [0.717, 1.165) is 4.47 Å². The summed E-state index contributed by atoms with van der Waals surface area (Å²) in [7, 11) is 0. The Hall–Kier alpha value is -2.09. The fraction of sp³-hybridized carbons (Fsp3) is 0.308. The van der Waals surface area contributed by atoms with Crippen LogP contribution in [0.1, 0.15) is 20.3 Å². The quantitative estimate of drug-likeness (QED) is 0.726. The highest BCUT2D eigenvalue weighted by Gasteiger charge is 2.47. The van der Waals surface area contributed by atoms with Gasteiger partial charge in [-0.05, 0) is 37.6 Å². The van der Waals surface area contributed by atoms with Gasteiger partial charge in [0, 0.05) is 10.2 Å². The standard InChI is InChI=1S/C13H15BrN4O3/c1-3-13(2)10(19)18(12(21)16-13)17-11(20)15-9-6-4-8(14)5-7-9/h4-7H,3H2,1-2H3,(H,16,21)(H2,15,17,20). The molecule has 7 nitrogen and oxygen atoms in total. The molecule has 1 aromatic carbocycles. The van der Waals surface area contributed by atoms with Crippen molar-refractivity contribution >= 4 is 39.6 Å². The Kier molecular flexibility index (Phi) is 4.17. The third kappa shape index (κ3) is 3.15. The highest BCUT2D eigenvalue weighted by atomic mass is 79.9. The molecule has 3 N–H and O–H groups in total. The van der Waals surface area contributed by atoms with Crippen LogP contribution in [0.5, 0.6) is 0 Å². The lowest BCUT2D eigenvalue weighted by Crippen LogP contribution is -2.49. The molecule has 1 unspecified atom stereocenters. The predicted molar refractivity (Wildman–Crippen MR) is 80.4 cm³/mol. The number of carbonyl (C=O) groups is 3. The average Bonchev–Trinajstić information content (AvgIpc) is 2.66. The molecule has 8 heteroatoms. The Morgan fingerprint density at radius 3 is 2.48 bits per heavy atom. The first-order valence-corrected chi connectivity index (χ1v) is 7.15. The van der Waals surface area contributed by atoms with Crippen molar-refractivity contribution in [3.05, 3.63) is 28.7 Å². The molecule has 0 spiro atoms. The minimum absolute atomic E-state index is 0.435. The fourth-order valence-electron chi connectivity index (χ4n) is 1.82. The number of urea groups is 2. The molecule has 1 atom stereocenters. The predicted octanol–water partition coefficient (Wildman–Crippen LogP) is 2.21. The number of nitrogens with zero attached hydrogens (tertiary/aromatic N) is 1. The number of benzene rings is 1. The zero-order valence-corrected chi connectivity index (χ0v) is 13.2. The monoisotopic (exact) mass is 354 g/mol. The topological polar surface area (TPSA) is 90.5 Å². The maximum atomic E-state index is 12.1. The highest BCUT2D eigenvalue weighted by Crippen LogP contribution is 2.19. The normalized spacial score (nSPS) is 21.2. The van der Waals surface area contributed by atoms with Crippen LogP contribution in [-0.2, 0) is 4.79 Å². The van der Waals surface area contributed by atoms with Crippen LogP contribution < -0.4 is 16.1 Å². The van der Waals surface area contributed by atoms with Gasteiger partial charge in [0.1, 0.15) is 5.54 Å². The van der Waals surface area contributed by atoms with Crippen LogP contribution in [0, 0.1) is 0 Å². The van der Waals surface area contributed by atoms with E-state index in [0.29, 0.717) is 17.1 Å². The van der Waals surface area contributed by atoms with Crippen molar-refractivity contribution in [2.24, 2.45) is 0 Å². The van der Waals surface area contributed by atoms with Gasteiger partial charge in [0.15, 0.2) is 0 Å². The number of imide groups is 1. The van der Waals surface area contributed by atoms with Crippen molar-refractivity contribution in [1.29, 1.82) is 0 Å². The molecular formula is C13H15BrN4O3. The molecular weight excluding hydrogens is 340 g/mol. The number of nitrogens with one attached hydrogen (secondary N) is 3. The molecule has 0 bridgehead atoms. The van der Waals surface area contributed by atoms with Crippen molar-refractivity contribution in [3.63, 3.8) is 0 Å². The van der Waals surface area contributed by atoms with Gasteiger partial charge in [0.05, 0.1) is 0 Å². The Balaban J connectivity index is 2.01. The van der Waals surface area contributed by atoms with E-state index in [-0.39, 0.29) is 0 Å². The molecule has 1 aliphatic heterocycles. The molecule has 0 radical (unpaired) electrons. The number of hydrazine groups is 1. The number of halogens is 1. The third-order valence-corrected chi connectivity index (χ3v) is 3.81. The van der Waals surface area contributed by atoms with Crippen LogP contribution in [0.25, 0.3) is 0 Å². The maximum Gasteiger partial charge on any atom is 0.344 e. The van der Waals surface area contributed by atoms with Gasteiger partial charge in [0.2, 0.25) is 0 Å². The summed E-state index contributed by atoms with van der Waals surface area (Å²) in [6.07, 6.45) is 0.435. The second-order valence-corrected chi connectivity index (χ2v) is 5.74. The van der Waals surface area contributed by atoms with Crippen molar-refractivity contribution in [2.75, 3.05) is 5.32 Å². The van der Waals surface area contributed by atoms with Gasteiger partial charge in [-0.2, -0.15) is 5.01 Å². The van der Waals surface area contributed by atoms with E-state index < -0.39 is 23.5 Å². The fourth-order valence-corrected chi connectivity index (χ4v) is 2.08. The molecule has 0 saturated carbocycles. The third-order valence-electron chi connectivity index (χ3n) is 3.28. The molecule has 1 aliphatic rings. The molecule has 1 fully saturated rings. The molecule has 0 aromatic heterocycles. The molecule has 2 rings (SSSR count). The number of anilines is 1. The smallest absolute Gasteiger partial charge is 0.322 e. The number of carbonyl (C=O) groups excluding carboxylic acids is 3. The molecule has 1 aromatic rings. The minimum Gasteiger partial charge on any atom is -0.322 e. The summed E-state index contributed by atoms with van der Waals surface area (Å²) in [5.41, 5.74) is 1.80. The van der Waals surface area contributed by atoms with Gasteiger partial charge in [-0.3, -0.25) is 4.79 Å². The molecule has 1 saturated heterocycles. The largest absolute Gasteiger partial charge is 0.344 e. The first-order valence-electron chi connectivity index (χ1n) is 6.35. The van der Waals surface area contributed by atoms with Crippen LogP contribution in [0.3, 0.4) is 0 Å². The van der Waals surface area contributed by atoms with Gasteiger partial charge in [-0.1, -0.05) is 22.9 Å². The molecule has 0 aliphatic carbocycles. The van der Waals surface area contributed by atoms with Crippen LogP contribution in [0.15, 0.2) is 28.7 Å². The first-order chi connectivity index (χ1) is 9.85. The number of hydrogen-bond donors (Lipinski definition) is 3. The van der Waals surface area contributed by atoms with Crippen molar-refractivity contribution in [3.8, 4) is 0 Å². The second kappa shape index (κ2) is 5.72. The summed E-state index contributed by atoms with van der Waals surface area (Å²) in [6, 6.07) is 5.59. The zero-order valence-electron chi connectivity index (χ0n) is 11.6. The van der Waals surface area contributed by atoms with Gasteiger partial charge in [-0.25, -0.2) is 15.0 Å². The minimum atomic E-state index is -0.984. The summed E-state index contributed by atoms with van der Waals surface area (Å²) >= 11 is 3.28. The Morgan fingerprint density at radius 2 is 1.95 bits per heavy atom. The summed E-state index contributed by atoms with van der Waals surface area (Å²) < 4.78 is 0.876. The average molecular weight is 355 g/mol. The van der Waals surface area contributed by atoms with Gasteiger partial charge >= 0.3 is 12.1 Å². The summed E-state index contributed by atoms with van der Waals surface area (Å²) in [5, 5.41) is 5.78. The Morgan fingerprint density at radius 1 is 1.33 bits per heavy atom. The van der Waals surface area contributed by atoms with Crippen LogP contribution in [0.4, 0.5) is 15.3 Å². The lowest BCUT2D eigenvalue weighted by Gasteiger charge is -2.19. The zero-order chi connectivity index (χ0) is 15.6. The molecule has 112 valence electrons. The number of hydrogen-bond acceptors (Lipinski definition) is 3. The summed E-state index contributed by atoms with van der Waals surface area (Å²) in [4.78, 5) is 35.7. The molecule has 1 heterocycles. The van der Waals surface area contributed by atoms with E-state index in [2.05, 4.69) is 32.0 Å². The number of rotatable bonds is 3. The Bertz CT molecular complexity index is 590. The van der Waals surface area contributed by atoms with E-state index in [1.807, 2.05) is 0 Å². The van der Waals surface area contributed by atoms with E-state index in [4.69, 9.17) is 0 Å². The van der Waals surface area contributed by atoms with Crippen LogP contribution in [0.2, 0.25) is 0 Å². The summed E-state index contributed by atoms with van der Waals surface area (Å²) in [6.45, 7) is 3.39. The molecule has 5 amide bonds. The van der Waals surface area contributed by atoms with Crippen LogP contribution in [-0.4, -0.2) is 28.5 Å². The van der Waals surface area contributed by atoms with Gasteiger partial charge < -0.3 is 10.6 Å². The summed E-state index contributed by atoms with van der Waals surface area (Å²) in [5.74, 6) is -0.485. The lowest BCUT2D eigenvalue weighted by atomic mass is 10.00. The number of amides is 5. The van der Waals surface area contributed by atoms with Gasteiger partial charge in [-0.15, -0.1) is 0 Å². The van der Waals surface area contributed by atoms with E-state index >= 15 is 0 Å². The SMILES string of the molecule is CCC1(C)NC(=O)N(NC(=O)Nc2ccc(Br)cc2)C1=O. The molecule has 21 heavy (non-hydrogen) atoms. The van der Waals surface area contributed by atoms with E-state index in [1.165, 1.54) is 0 Å². The first kappa shape index (κ1) is 15.3. The van der Waals surface area contributed by atoms with Crippen molar-refractivity contribution in [2.45, 2.75) is 25.8 Å². The Labute approximate surface area is 130 Å². The van der Waals surface area contributed by atoms with E-state index in [1.54, 1.807) is 38.1 Å². The van der Waals surface area contributed by atoms with Crippen molar-refractivity contribution < 1.29 is 14.4 Å². The highest BCUT2D eigenvalue weighted by molar-refractivity contribution is 9.10.